The van der Waals surface area contributed by atoms with Gasteiger partial charge >= 0.3 is 5.97 Å². The molecule has 168 valence electrons. The highest BCUT2D eigenvalue weighted by Gasteiger charge is 2.32. The maximum Gasteiger partial charge on any atom is 0.305 e. The summed E-state index contributed by atoms with van der Waals surface area (Å²) in [4.78, 5) is 26.5. The van der Waals surface area contributed by atoms with Gasteiger partial charge in [0.15, 0.2) is 0 Å². The van der Waals surface area contributed by atoms with Crippen LogP contribution in [0.15, 0.2) is 51.8 Å². The van der Waals surface area contributed by atoms with Gasteiger partial charge in [0.1, 0.15) is 16.7 Å². The van der Waals surface area contributed by atoms with Crippen LogP contribution in [0.3, 0.4) is 0 Å². The van der Waals surface area contributed by atoms with Gasteiger partial charge in [0.2, 0.25) is 0 Å². The van der Waals surface area contributed by atoms with E-state index in [0.717, 1.165) is 15.6 Å². The summed E-state index contributed by atoms with van der Waals surface area (Å²) in [5, 5.41) is 0.634. The SMILES string of the molecule is CCOC(=O)CCCN1C(=O)/C(=C\c2cc(Br)ccc2OCc2ccccc2Cl)SC1=S. The standard InChI is InChI=1S/C23H21BrClNO4S2/c1-2-29-21(27)8-5-11-26-22(28)20(32-23(26)31)13-16-12-17(24)9-10-19(16)30-14-15-6-3-4-7-18(15)25/h3-4,6-7,9-10,12-13H,2,5,8,11,14H2,1H3/b20-13+. The second-order valence-electron chi connectivity index (χ2n) is 6.80. The third kappa shape index (κ3) is 6.57. The van der Waals surface area contributed by atoms with E-state index in [1.165, 1.54) is 16.7 Å². The van der Waals surface area contributed by atoms with Crippen molar-refractivity contribution in [3.05, 3.63) is 68.0 Å². The molecule has 0 spiro atoms. The van der Waals surface area contributed by atoms with E-state index in [-0.39, 0.29) is 18.3 Å². The molecule has 5 nitrogen and oxygen atoms in total. The Labute approximate surface area is 210 Å². The first-order chi connectivity index (χ1) is 15.4. The minimum absolute atomic E-state index is 0.180. The van der Waals surface area contributed by atoms with Crippen molar-refractivity contribution in [2.45, 2.75) is 26.4 Å². The van der Waals surface area contributed by atoms with Crippen LogP contribution in [0, 0.1) is 0 Å². The molecular weight excluding hydrogens is 534 g/mol. The molecule has 0 N–H and O–H groups in total. The van der Waals surface area contributed by atoms with E-state index >= 15 is 0 Å². The molecule has 2 aromatic carbocycles. The molecule has 0 unspecified atom stereocenters. The average Bonchev–Trinajstić information content (AvgIpc) is 3.02. The Hall–Kier alpha value is -1.87. The van der Waals surface area contributed by atoms with Crippen molar-refractivity contribution in [1.82, 2.24) is 4.90 Å². The lowest BCUT2D eigenvalue weighted by Gasteiger charge is -2.14. The Kier molecular flexibility index (Phi) is 9.16. The van der Waals surface area contributed by atoms with Gasteiger partial charge in [-0.2, -0.15) is 0 Å². The molecular formula is C23H21BrClNO4S2. The lowest BCUT2D eigenvalue weighted by atomic mass is 10.1. The molecule has 1 heterocycles. The number of hydrogen-bond donors (Lipinski definition) is 0. The van der Waals surface area contributed by atoms with Gasteiger partial charge in [0.05, 0.1) is 11.5 Å². The smallest absolute Gasteiger partial charge is 0.305 e. The van der Waals surface area contributed by atoms with Gasteiger partial charge in [0.25, 0.3) is 5.91 Å². The van der Waals surface area contributed by atoms with Crippen LogP contribution in [0.25, 0.3) is 6.08 Å². The van der Waals surface area contributed by atoms with Crippen LogP contribution in [0.5, 0.6) is 5.75 Å². The quantitative estimate of drug-likeness (QED) is 0.208. The van der Waals surface area contributed by atoms with Gasteiger partial charge in [-0.1, -0.05) is 69.7 Å². The minimum Gasteiger partial charge on any atom is -0.488 e. The Bertz CT molecular complexity index is 1060. The molecule has 0 bridgehead atoms. The number of thioether (sulfide) groups is 1. The summed E-state index contributed by atoms with van der Waals surface area (Å²) in [5.74, 6) is 0.171. The van der Waals surface area contributed by atoms with Gasteiger partial charge in [-0.25, -0.2) is 0 Å². The molecule has 1 amide bonds. The van der Waals surface area contributed by atoms with E-state index in [4.69, 9.17) is 33.3 Å². The Morgan fingerprint density at radius 2 is 2.06 bits per heavy atom. The Balaban J connectivity index is 1.72. The van der Waals surface area contributed by atoms with Crippen molar-refractivity contribution in [3.8, 4) is 5.75 Å². The van der Waals surface area contributed by atoms with Gasteiger partial charge in [0, 0.05) is 33.6 Å². The van der Waals surface area contributed by atoms with Gasteiger partial charge in [-0.15, -0.1) is 0 Å². The van der Waals surface area contributed by atoms with Crippen molar-refractivity contribution in [3.63, 3.8) is 0 Å². The van der Waals surface area contributed by atoms with Crippen molar-refractivity contribution in [1.29, 1.82) is 0 Å². The molecule has 1 fully saturated rings. The number of esters is 1. The average molecular weight is 555 g/mol. The minimum atomic E-state index is -0.275. The zero-order valence-corrected chi connectivity index (χ0v) is 21.3. The highest BCUT2D eigenvalue weighted by Crippen LogP contribution is 2.35. The number of rotatable bonds is 9. The molecule has 0 saturated carbocycles. The summed E-state index contributed by atoms with van der Waals surface area (Å²) in [6, 6.07) is 13.1. The molecule has 32 heavy (non-hydrogen) atoms. The lowest BCUT2D eigenvalue weighted by Crippen LogP contribution is -2.29. The van der Waals surface area contributed by atoms with Gasteiger partial charge < -0.3 is 9.47 Å². The number of benzene rings is 2. The first-order valence-corrected chi connectivity index (χ1v) is 12.4. The van der Waals surface area contributed by atoms with Crippen LogP contribution >= 0.6 is 51.5 Å². The predicted molar refractivity (Wildman–Crippen MR) is 136 cm³/mol. The van der Waals surface area contributed by atoms with E-state index in [1.807, 2.05) is 42.5 Å². The largest absolute Gasteiger partial charge is 0.488 e. The Morgan fingerprint density at radius 1 is 1.28 bits per heavy atom. The van der Waals surface area contributed by atoms with Crippen LogP contribution in [0.2, 0.25) is 5.02 Å². The van der Waals surface area contributed by atoms with E-state index in [1.54, 1.807) is 13.0 Å². The number of carbonyl (C=O) groups is 2. The topological polar surface area (TPSA) is 55.8 Å². The van der Waals surface area contributed by atoms with E-state index in [2.05, 4.69) is 15.9 Å². The highest BCUT2D eigenvalue weighted by atomic mass is 79.9. The van der Waals surface area contributed by atoms with Crippen LogP contribution in [-0.4, -0.2) is 34.2 Å². The summed E-state index contributed by atoms with van der Waals surface area (Å²) in [5.41, 5.74) is 1.62. The molecule has 0 atom stereocenters. The summed E-state index contributed by atoms with van der Waals surface area (Å²) in [7, 11) is 0. The number of hydrogen-bond acceptors (Lipinski definition) is 6. The number of amides is 1. The maximum atomic E-state index is 12.9. The summed E-state index contributed by atoms with van der Waals surface area (Å²) in [6.07, 6.45) is 2.51. The van der Waals surface area contributed by atoms with Crippen LogP contribution in [-0.2, 0) is 20.9 Å². The van der Waals surface area contributed by atoms with Crippen LogP contribution in [0.4, 0.5) is 0 Å². The van der Waals surface area contributed by atoms with Crippen LogP contribution < -0.4 is 4.74 Å². The number of carbonyl (C=O) groups excluding carboxylic acids is 2. The fourth-order valence-electron chi connectivity index (χ4n) is 2.98. The molecule has 0 aliphatic carbocycles. The Morgan fingerprint density at radius 3 is 2.81 bits per heavy atom. The third-order valence-electron chi connectivity index (χ3n) is 4.54. The zero-order chi connectivity index (χ0) is 23.1. The molecule has 9 heteroatoms. The van der Waals surface area contributed by atoms with E-state index in [0.29, 0.717) is 46.2 Å². The zero-order valence-electron chi connectivity index (χ0n) is 17.3. The molecule has 0 radical (unpaired) electrons. The number of halogens is 2. The normalized spacial score (nSPS) is 14.8. The van der Waals surface area contributed by atoms with Crippen molar-refractivity contribution < 1.29 is 19.1 Å². The van der Waals surface area contributed by atoms with Gasteiger partial charge in [-0.3, -0.25) is 14.5 Å². The summed E-state index contributed by atoms with van der Waals surface area (Å²) in [6.45, 7) is 2.78. The monoisotopic (exact) mass is 553 g/mol. The molecule has 1 aliphatic rings. The number of thiocarbonyl (C=S) groups is 1. The van der Waals surface area contributed by atoms with E-state index < -0.39 is 0 Å². The second-order valence-corrected chi connectivity index (χ2v) is 9.80. The maximum absolute atomic E-state index is 12.9. The highest BCUT2D eigenvalue weighted by molar-refractivity contribution is 9.10. The molecule has 1 saturated heterocycles. The molecule has 0 aromatic heterocycles. The fourth-order valence-corrected chi connectivity index (χ4v) is 4.85. The summed E-state index contributed by atoms with van der Waals surface area (Å²) >= 11 is 16.3. The van der Waals surface area contributed by atoms with Gasteiger partial charge in [-0.05, 0) is 43.7 Å². The first-order valence-electron chi connectivity index (χ1n) is 9.95. The van der Waals surface area contributed by atoms with Crippen molar-refractivity contribution in [2.75, 3.05) is 13.2 Å². The lowest BCUT2D eigenvalue weighted by molar-refractivity contribution is -0.143. The van der Waals surface area contributed by atoms with Crippen molar-refractivity contribution in [2.24, 2.45) is 0 Å². The van der Waals surface area contributed by atoms with Crippen molar-refractivity contribution >= 4 is 73.8 Å². The van der Waals surface area contributed by atoms with Crippen LogP contribution in [0.1, 0.15) is 30.9 Å². The number of nitrogens with zero attached hydrogens (tertiary/aromatic N) is 1. The van der Waals surface area contributed by atoms with E-state index in [9.17, 15) is 9.59 Å². The molecule has 2 aromatic rings. The first kappa shape index (κ1) is 24.8. The predicted octanol–water partition coefficient (Wildman–Crippen LogP) is 6.23. The molecule has 1 aliphatic heterocycles. The third-order valence-corrected chi connectivity index (χ3v) is 6.78. The summed E-state index contributed by atoms with van der Waals surface area (Å²) < 4.78 is 12.3. The number of ether oxygens (including phenoxy) is 2. The second kappa shape index (κ2) is 11.8. The fraction of sp³-hybridized carbons (Fsp3) is 0.261. The molecule has 3 rings (SSSR count).